The molecule has 8 heteroatoms. The molecule has 0 bridgehead atoms. The summed E-state index contributed by atoms with van der Waals surface area (Å²) >= 11 is 0. The number of hydrogen-bond acceptors (Lipinski definition) is 5. The van der Waals surface area contributed by atoms with E-state index in [-0.39, 0.29) is 11.9 Å². The van der Waals surface area contributed by atoms with E-state index >= 15 is 0 Å². The number of rotatable bonds is 4. The molecule has 1 atom stereocenters. The van der Waals surface area contributed by atoms with Crippen molar-refractivity contribution in [2.45, 2.75) is 25.3 Å². The van der Waals surface area contributed by atoms with Gasteiger partial charge >= 0.3 is 0 Å². The van der Waals surface area contributed by atoms with E-state index in [4.69, 9.17) is 4.98 Å². The zero-order chi connectivity index (χ0) is 22.5. The number of pyridine rings is 1. The number of nitrogens with one attached hydrogen (secondary N) is 2. The van der Waals surface area contributed by atoms with E-state index in [1.165, 1.54) is 34.4 Å². The highest BCUT2D eigenvalue weighted by atomic mass is 19.1. The van der Waals surface area contributed by atoms with Crippen molar-refractivity contribution in [1.29, 1.82) is 0 Å². The van der Waals surface area contributed by atoms with Crippen LogP contribution in [0, 0.1) is 5.82 Å². The highest BCUT2D eigenvalue weighted by Gasteiger charge is 2.24. The fourth-order valence-electron chi connectivity index (χ4n) is 4.77. The predicted octanol–water partition coefficient (Wildman–Crippen LogP) is 4.45. The molecule has 5 aromatic rings. The number of hydrogen-bond donors (Lipinski definition) is 2. The molecule has 1 aliphatic carbocycles. The SMILES string of the molecule is CN(C)c1cnn2c(N[C@@H]3CCc4[nH]c5ccccc5c4C3)cc(-c3cncc(F)c3)nc12. The Morgan fingerprint density at radius 1 is 1.15 bits per heavy atom. The predicted molar refractivity (Wildman–Crippen MR) is 128 cm³/mol. The van der Waals surface area contributed by atoms with Gasteiger partial charge in [-0.25, -0.2) is 9.37 Å². The molecule has 33 heavy (non-hydrogen) atoms. The third-order valence-corrected chi connectivity index (χ3v) is 6.38. The molecule has 166 valence electrons. The minimum atomic E-state index is -0.385. The van der Waals surface area contributed by atoms with Gasteiger partial charge in [-0.3, -0.25) is 4.98 Å². The van der Waals surface area contributed by atoms with Gasteiger partial charge in [0.25, 0.3) is 0 Å². The van der Waals surface area contributed by atoms with Crippen LogP contribution in [0.2, 0.25) is 0 Å². The van der Waals surface area contributed by atoms with Gasteiger partial charge in [-0.2, -0.15) is 9.61 Å². The summed E-state index contributed by atoms with van der Waals surface area (Å²) in [6, 6.07) is 12.1. The Balaban J connectivity index is 1.41. The summed E-state index contributed by atoms with van der Waals surface area (Å²) in [7, 11) is 3.92. The van der Waals surface area contributed by atoms with E-state index in [2.05, 4.69) is 44.6 Å². The molecule has 7 nitrogen and oxygen atoms in total. The lowest BCUT2D eigenvalue weighted by Crippen LogP contribution is -2.28. The summed E-state index contributed by atoms with van der Waals surface area (Å²) in [5.74, 6) is 0.449. The molecule has 0 amide bonds. The number of aromatic amines is 1. The third kappa shape index (κ3) is 3.38. The van der Waals surface area contributed by atoms with Crippen LogP contribution in [0.4, 0.5) is 15.9 Å². The quantitative estimate of drug-likeness (QED) is 0.431. The number of fused-ring (bicyclic) bond motifs is 4. The number of halogens is 1. The number of aromatic nitrogens is 5. The van der Waals surface area contributed by atoms with Crippen LogP contribution in [-0.4, -0.2) is 44.7 Å². The van der Waals surface area contributed by atoms with E-state index in [9.17, 15) is 4.39 Å². The Bertz CT molecular complexity index is 1480. The highest BCUT2D eigenvalue weighted by molar-refractivity contribution is 5.85. The number of aryl methyl sites for hydroxylation is 1. The number of benzene rings is 1. The lowest BCUT2D eigenvalue weighted by molar-refractivity contribution is 0.603. The van der Waals surface area contributed by atoms with Gasteiger partial charge in [-0.1, -0.05) is 18.2 Å². The van der Waals surface area contributed by atoms with Crippen molar-refractivity contribution in [2.75, 3.05) is 24.3 Å². The maximum atomic E-state index is 13.9. The second-order valence-corrected chi connectivity index (χ2v) is 8.79. The summed E-state index contributed by atoms with van der Waals surface area (Å²) in [4.78, 5) is 14.4. The number of nitrogens with zero attached hydrogens (tertiary/aromatic N) is 5. The van der Waals surface area contributed by atoms with Crippen molar-refractivity contribution in [2.24, 2.45) is 0 Å². The molecule has 2 N–H and O–H groups in total. The second-order valence-electron chi connectivity index (χ2n) is 8.79. The van der Waals surface area contributed by atoms with Gasteiger partial charge in [0.1, 0.15) is 17.3 Å². The topological polar surface area (TPSA) is 74.1 Å². The first-order valence-corrected chi connectivity index (χ1v) is 11.1. The number of para-hydroxylation sites is 1. The summed E-state index contributed by atoms with van der Waals surface area (Å²) in [6.07, 6.45) is 7.55. The van der Waals surface area contributed by atoms with Crippen LogP contribution >= 0.6 is 0 Å². The van der Waals surface area contributed by atoms with Gasteiger partial charge in [0.15, 0.2) is 5.65 Å². The summed E-state index contributed by atoms with van der Waals surface area (Å²) in [5.41, 5.74) is 6.80. The van der Waals surface area contributed by atoms with Crippen molar-refractivity contribution in [3.63, 3.8) is 0 Å². The molecule has 0 aliphatic heterocycles. The molecule has 1 aliphatic rings. The van der Waals surface area contributed by atoms with Crippen LogP contribution in [0.25, 0.3) is 27.8 Å². The van der Waals surface area contributed by atoms with Gasteiger partial charge in [-0.05, 0) is 37.0 Å². The summed E-state index contributed by atoms with van der Waals surface area (Å²) < 4.78 is 15.7. The van der Waals surface area contributed by atoms with E-state index in [1.54, 1.807) is 12.4 Å². The molecule has 0 unspecified atom stereocenters. The van der Waals surface area contributed by atoms with Crippen molar-refractivity contribution in [3.05, 3.63) is 72.1 Å². The Morgan fingerprint density at radius 2 is 2.03 bits per heavy atom. The van der Waals surface area contributed by atoms with Crippen LogP contribution in [0.1, 0.15) is 17.7 Å². The van der Waals surface area contributed by atoms with Crippen molar-refractivity contribution in [1.82, 2.24) is 24.6 Å². The van der Waals surface area contributed by atoms with Crippen LogP contribution in [-0.2, 0) is 12.8 Å². The maximum absolute atomic E-state index is 13.9. The Hall–Kier alpha value is -3.94. The zero-order valence-corrected chi connectivity index (χ0v) is 18.5. The fourth-order valence-corrected chi connectivity index (χ4v) is 4.77. The number of anilines is 2. The van der Waals surface area contributed by atoms with Gasteiger partial charge in [0, 0.05) is 54.6 Å². The third-order valence-electron chi connectivity index (χ3n) is 6.38. The fraction of sp³-hybridized carbons (Fsp3) is 0.240. The number of H-pyrrole nitrogens is 1. The lowest BCUT2D eigenvalue weighted by atomic mass is 9.91. The van der Waals surface area contributed by atoms with Crippen LogP contribution < -0.4 is 10.2 Å². The molecular formula is C25H24FN7. The molecule has 0 radical (unpaired) electrons. The Kier molecular flexibility index (Phi) is 4.53. The minimum Gasteiger partial charge on any atom is -0.373 e. The largest absolute Gasteiger partial charge is 0.373 e. The molecule has 1 aromatic carbocycles. The maximum Gasteiger partial charge on any atom is 0.181 e. The highest BCUT2D eigenvalue weighted by Crippen LogP contribution is 2.32. The van der Waals surface area contributed by atoms with Gasteiger partial charge in [0.2, 0.25) is 0 Å². The molecule has 0 saturated carbocycles. The summed E-state index contributed by atoms with van der Waals surface area (Å²) in [5, 5.41) is 9.60. The van der Waals surface area contributed by atoms with Gasteiger partial charge in [0.05, 0.1) is 18.1 Å². The zero-order valence-electron chi connectivity index (χ0n) is 18.5. The molecule has 6 rings (SSSR count). The van der Waals surface area contributed by atoms with Crippen molar-refractivity contribution in [3.8, 4) is 11.3 Å². The monoisotopic (exact) mass is 441 g/mol. The lowest BCUT2D eigenvalue weighted by Gasteiger charge is -2.25. The van der Waals surface area contributed by atoms with Crippen LogP contribution in [0.3, 0.4) is 0 Å². The van der Waals surface area contributed by atoms with E-state index in [0.717, 1.165) is 30.8 Å². The molecule has 0 spiro atoms. The first kappa shape index (κ1) is 19.7. The minimum absolute atomic E-state index is 0.243. The first-order valence-electron chi connectivity index (χ1n) is 11.1. The van der Waals surface area contributed by atoms with Gasteiger partial charge < -0.3 is 15.2 Å². The average molecular weight is 442 g/mol. The van der Waals surface area contributed by atoms with Crippen molar-refractivity contribution >= 4 is 28.1 Å². The molecule has 4 aromatic heterocycles. The van der Waals surface area contributed by atoms with Gasteiger partial charge in [-0.15, -0.1) is 0 Å². The van der Waals surface area contributed by atoms with Crippen LogP contribution in [0.5, 0.6) is 0 Å². The van der Waals surface area contributed by atoms with E-state index in [1.807, 2.05) is 29.6 Å². The summed E-state index contributed by atoms with van der Waals surface area (Å²) in [6.45, 7) is 0. The van der Waals surface area contributed by atoms with Crippen molar-refractivity contribution < 1.29 is 4.39 Å². The molecule has 0 fully saturated rings. The standard InChI is InChI=1S/C25H24FN7/c1-32(2)23-14-28-33-24(11-22(31-25(23)33)15-9-16(26)13-27-12-15)29-17-7-8-21-19(10-17)18-5-3-4-6-20(18)30-21/h3-6,9,11-14,17,29-30H,7-8,10H2,1-2H3/t17-/m1/s1. The van der Waals surface area contributed by atoms with E-state index < -0.39 is 0 Å². The Morgan fingerprint density at radius 3 is 2.88 bits per heavy atom. The molecule has 4 heterocycles. The normalized spacial score (nSPS) is 15.7. The van der Waals surface area contributed by atoms with Crippen LogP contribution in [0.15, 0.2) is 55.0 Å². The first-order chi connectivity index (χ1) is 16.1. The second kappa shape index (κ2) is 7.58. The Labute approximate surface area is 190 Å². The molecular weight excluding hydrogens is 417 g/mol. The smallest absolute Gasteiger partial charge is 0.181 e. The average Bonchev–Trinajstić information content (AvgIpc) is 3.41. The molecule has 0 saturated heterocycles. The van der Waals surface area contributed by atoms with E-state index in [0.29, 0.717) is 16.9 Å².